The maximum Gasteiger partial charge on any atom is 0.159 e. The van der Waals surface area contributed by atoms with Crippen molar-refractivity contribution in [3.63, 3.8) is 0 Å². The number of fused-ring (bicyclic) bond motifs is 28. The van der Waals surface area contributed by atoms with Crippen LogP contribution < -0.4 is 24.8 Å². The Morgan fingerprint density at radius 2 is 0.442 bits per heavy atom. The molecule has 8 heterocycles. The van der Waals surface area contributed by atoms with Crippen LogP contribution in [0.1, 0.15) is 58.2 Å². The molecule has 0 saturated carbocycles. The zero-order chi connectivity index (χ0) is 98.5. The summed E-state index contributed by atoms with van der Waals surface area (Å²) in [5, 5.41) is 29.9. The maximum atomic E-state index is 7.02. The Labute approximate surface area is 848 Å². The van der Waals surface area contributed by atoms with Crippen LogP contribution in [0.5, 0.6) is 0 Å². The molecule has 0 aliphatic rings. The number of benzene rings is 22. The van der Waals surface area contributed by atoms with Crippen LogP contribution >= 0.6 is 0 Å². The summed E-state index contributed by atoms with van der Waals surface area (Å²) < 4.78 is 32.8. The predicted molar refractivity (Wildman–Crippen MR) is 625 cm³/mol. The first kappa shape index (κ1) is 85.8. The Bertz CT molecular complexity index is 10400. The zero-order valence-electron chi connectivity index (χ0n) is 83.2. The fraction of sp³-hybridized carbons (Fsp3) is 0.0882. The predicted octanol–water partition coefficient (Wildman–Crippen LogP) is 39.2. The average molecular weight is 1910 g/mol. The molecule has 10 nitrogen and oxygen atoms in total. The van der Waals surface area contributed by atoms with E-state index in [0.717, 1.165) is 167 Å². The molecule has 0 N–H and O–H groups in total. The molecule has 22 aromatic carbocycles. The minimum Gasteiger partial charge on any atom is -0.454 e. The van der Waals surface area contributed by atoms with Gasteiger partial charge in [-0.05, 0) is 241 Å². The molecule has 0 spiro atoms. The van der Waals surface area contributed by atoms with Crippen molar-refractivity contribution in [1.82, 2.24) is 8.80 Å². The first-order chi connectivity index (χ1) is 71.7. The topological polar surface area (TPSA) is 74.3 Å². The summed E-state index contributed by atoms with van der Waals surface area (Å²) in [6.45, 7) is 22.8. The summed E-state index contributed by atoms with van der Waals surface area (Å²) in [5.41, 5.74) is 30.6. The molecule has 702 valence electrons. The molecular weight excluding hydrogens is 1810 g/mol. The number of rotatable bonds is 13. The number of aromatic nitrogens is 2. The lowest BCUT2D eigenvalue weighted by Crippen LogP contribution is -2.37. The maximum absolute atomic E-state index is 7.02. The molecule has 0 aliphatic heterocycles. The lowest BCUT2D eigenvalue weighted by Gasteiger charge is -2.26. The Hall–Kier alpha value is -17.9. The van der Waals surface area contributed by atoms with E-state index in [2.05, 4.69) is 521 Å². The van der Waals surface area contributed by atoms with E-state index in [-0.39, 0.29) is 10.8 Å². The fourth-order valence-corrected chi connectivity index (χ4v) is 25.7. The molecule has 0 saturated heterocycles. The van der Waals surface area contributed by atoms with E-state index in [1.165, 1.54) is 130 Å². The summed E-state index contributed by atoms with van der Waals surface area (Å²) in [6.07, 6.45) is 0. The Morgan fingerprint density at radius 3 is 0.741 bits per heavy atom. The quantitative estimate of drug-likeness (QED) is 0.106. The molecule has 0 fully saturated rings. The van der Waals surface area contributed by atoms with E-state index in [0.29, 0.717) is 0 Å². The third-order valence-corrected chi connectivity index (χ3v) is 33.1. The van der Waals surface area contributed by atoms with Gasteiger partial charge in [0.2, 0.25) is 0 Å². The zero-order valence-corrected chi connectivity index (χ0v) is 84.2. The Balaban J connectivity index is 0.000000139. The van der Waals surface area contributed by atoms with E-state index in [4.69, 9.17) is 17.7 Å². The van der Waals surface area contributed by atoms with Crippen LogP contribution in [0.15, 0.2) is 442 Å². The highest BCUT2D eigenvalue weighted by atomic mass is 28.3. The summed E-state index contributed by atoms with van der Waals surface area (Å²) in [5.74, 6) is 0. The van der Waals surface area contributed by atoms with Crippen LogP contribution in [0.2, 0.25) is 19.6 Å². The SMILES string of the molecule is CC(C)(C)c1cccc2c1oc1c(N(c3ccccc3)c3ccc4cc5c6cccc7c8cc9ccc(N(c%10ccccc%10)c%10cccc%11c%10oc%10c(C(C)(C)C)cccc%10%11)cc9cc8n(c5cc4c3)c67)cccc12.Cc1cccc2c1oc1c(N(c3ccccc3)c3ccc4cc5c6cccc7c8cc9ccc(N(c%10ccccc%10)c%10cccc%11c%10oc%10c([Si](C)(C)C)cccc%10%11)cc9cc8n(c5cc4c3)c67)cccc12. The number of hydrogen-bond acceptors (Lipinski definition) is 8. The van der Waals surface area contributed by atoms with Crippen LogP contribution in [-0.4, -0.2) is 16.9 Å². The second kappa shape index (κ2) is 32.0. The highest BCUT2D eigenvalue weighted by Gasteiger charge is 2.33. The molecule has 11 heteroatoms. The van der Waals surface area contributed by atoms with Crippen molar-refractivity contribution in [2.24, 2.45) is 0 Å². The van der Waals surface area contributed by atoms with Crippen molar-refractivity contribution in [1.29, 1.82) is 0 Å². The first-order valence-corrected chi connectivity index (χ1v) is 54.6. The largest absolute Gasteiger partial charge is 0.454 e. The molecule has 30 rings (SSSR count). The van der Waals surface area contributed by atoms with Crippen LogP contribution in [0.4, 0.5) is 68.2 Å². The highest BCUT2D eigenvalue weighted by Crippen LogP contribution is 2.54. The molecule has 8 aromatic heterocycles. The smallest absolute Gasteiger partial charge is 0.159 e. The first-order valence-electron chi connectivity index (χ1n) is 51.1. The van der Waals surface area contributed by atoms with Crippen molar-refractivity contribution in [3.05, 3.63) is 441 Å². The van der Waals surface area contributed by atoms with Crippen LogP contribution in [-0.2, 0) is 10.8 Å². The fourth-order valence-electron chi connectivity index (χ4n) is 24.3. The second-order valence-electron chi connectivity index (χ2n) is 43.1. The van der Waals surface area contributed by atoms with Gasteiger partial charge in [-0.25, -0.2) is 0 Å². The van der Waals surface area contributed by atoms with Crippen LogP contribution in [0, 0.1) is 6.92 Å². The van der Waals surface area contributed by atoms with E-state index in [1.54, 1.807) is 0 Å². The van der Waals surface area contributed by atoms with Gasteiger partial charge >= 0.3 is 0 Å². The van der Waals surface area contributed by atoms with Crippen molar-refractivity contribution >= 4 is 289 Å². The van der Waals surface area contributed by atoms with Gasteiger partial charge in [-0.3, -0.25) is 0 Å². The lowest BCUT2D eigenvalue weighted by atomic mass is 9.86. The minimum absolute atomic E-state index is 0.0785. The number of furan rings is 4. The van der Waals surface area contributed by atoms with Gasteiger partial charge in [0.05, 0.1) is 63.9 Å². The van der Waals surface area contributed by atoms with Gasteiger partial charge in [0, 0.05) is 143 Å². The summed E-state index contributed by atoms with van der Waals surface area (Å²) >= 11 is 0. The van der Waals surface area contributed by atoms with Crippen LogP contribution in [0.25, 0.3) is 207 Å². The van der Waals surface area contributed by atoms with E-state index in [9.17, 15) is 0 Å². The van der Waals surface area contributed by atoms with Gasteiger partial charge in [-0.1, -0.05) is 316 Å². The molecule has 0 unspecified atom stereocenters. The number of aryl methyl sites for hydroxylation is 1. The van der Waals surface area contributed by atoms with Gasteiger partial charge in [0.1, 0.15) is 22.3 Å². The summed E-state index contributed by atoms with van der Waals surface area (Å²) in [4.78, 5) is 9.41. The monoisotopic (exact) mass is 1910 g/mol. The number of anilines is 12. The lowest BCUT2D eigenvalue weighted by molar-refractivity contribution is 0.572. The third kappa shape index (κ3) is 13.2. The van der Waals surface area contributed by atoms with Crippen LogP contribution in [0.3, 0.4) is 0 Å². The van der Waals surface area contributed by atoms with E-state index < -0.39 is 8.07 Å². The van der Waals surface area contributed by atoms with Crippen molar-refractivity contribution in [3.8, 4) is 0 Å². The van der Waals surface area contributed by atoms with Gasteiger partial charge < -0.3 is 46.1 Å². The third-order valence-electron chi connectivity index (χ3n) is 31.1. The van der Waals surface area contributed by atoms with Gasteiger partial charge in [-0.2, -0.15) is 0 Å². The molecule has 0 aliphatic carbocycles. The van der Waals surface area contributed by atoms with Crippen molar-refractivity contribution < 1.29 is 17.7 Å². The molecule has 0 bridgehead atoms. The van der Waals surface area contributed by atoms with Crippen molar-refractivity contribution in [2.75, 3.05) is 19.6 Å². The molecule has 0 amide bonds. The molecule has 30 aromatic rings. The molecule has 0 atom stereocenters. The summed E-state index contributed by atoms with van der Waals surface area (Å²) in [7, 11) is -1.70. The number of nitrogens with zero attached hydrogens (tertiary/aromatic N) is 6. The number of para-hydroxylation sites is 14. The van der Waals surface area contributed by atoms with E-state index >= 15 is 0 Å². The van der Waals surface area contributed by atoms with Gasteiger partial charge in [0.15, 0.2) is 22.3 Å². The van der Waals surface area contributed by atoms with Crippen molar-refractivity contribution in [2.45, 2.75) is 78.9 Å². The molecule has 147 heavy (non-hydrogen) atoms. The minimum atomic E-state index is -1.70. The Kier molecular flexibility index (Phi) is 18.7. The normalized spacial score (nSPS) is 12.6. The van der Waals surface area contributed by atoms with E-state index in [1.807, 2.05) is 0 Å². The second-order valence-corrected chi connectivity index (χ2v) is 48.2. The molecular formula is C136H100N6O4Si. The number of hydrogen-bond donors (Lipinski definition) is 0. The standard InChI is InChI=1S/C70H53N3O2.C66H47N3O2Si/c1-69(2,3)58-28-14-24-52-54-26-16-30-60(67(54)74-65(52)58)71(46-18-9-7-10-19-46)48-34-32-42-38-56-50-22-13-23-51-57-39-43-33-35-49(37-45(43)41-63(57)73(64(50)51)62(56)40-44(42)36-48)72(47-20-11-8-12-21-47)61-31-17-27-55-53-25-15-29-59(70(4,5)6)66(53)75-68(55)61;1-40-16-11-23-51-52-24-13-27-57(64(52)70-63(40)51)67(45-17-7-5-8-18-45)47-32-30-41-36-55-49-21-12-22-50-56-37-42-31-33-48(35-44(42)39-60(56)69(62(49)50)59(55)38-43(41)34-47)68(46-19-9-6-10-20-46)58-28-14-25-53-54-26-15-29-61(72(2,3)4)66(54)71-65(53)58/h7-41H,1-6H3;5-39H,1-4H3. The van der Waals surface area contributed by atoms with Gasteiger partial charge in [0.25, 0.3) is 0 Å². The Morgan fingerprint density at radius 1 is 0.197 bits per heavy atom. The average Bonchev–Trinajstić information content (AvgIpc) is 1.53. The van der Waals surface area contributed by atoms with Gasteiger partial charge in [-0.15, -0.1) is 0 Å². The molecule has 0 radical (unpaired) electrons. The summed E-state index contributed by atoms with van der Waals surface area (Å²) in [6, 6.07) is 155. The highest BCUT2D eigenvalue weighted by molar-refractivity contribution is 6.90.